The summed E-state index contributed by atoms with van der Waals surface area (Å²) in [6.45, 7) is 4.93. The molecule has 1 atom stereocenters. The first-order chi connectivity index (χ1) is 19.4. The number of thiophene rings is 1. The number of methoxy groups -OCH3 is 2. The number of hydrogen-bond acceptors (Lipinski definition) is 8. The van der Waals surface area contributed by atoms with Crippen LogP contribution in [0.4, 0.5) is 5.82 Å². The molecule has 0 bridgehead atoms. The Morgan fingerprint density at radius 2 is 1.88 bits per heavy atom. The van der Waals surface area contributed by atoms with Gasteiger partial charge in [0, 0.05) is 22.9 Å². The van der Waals surface area contributed by atoms with Crippen LogP contribution in [0.25, 0.3) is 22.0 Å². The number of anilines is 1. The van der Waals surface area contributed by atoms with Crippen molar-refractivity contribution in [2.75, 3.05) is 26.6 Å². The zero-order valence-electron chi connectivity index (χ0n) is 23.9. The van der Waals surface area contributed by atoms with Gasteiger partial charge in [0.25, 0.3) is 0 Å². The van der Waals surface area contributed by atoms with E-state index in [1.165, 1.54) is 28.7 Å². The van der Waals surface area contributed by atoms with E-state index >= 15 is 0 Å². The number of fused-ring (bicyclic) bond motifs is 1. The van der Waals surface area contributed by atoms with Gasteiger partial charge in [0.2, 0.25) is 0 Å². The van der Waals surface area contributed by atoms with Crippen molar-refractivity contribution < 1.29 is 14.3 Å². The second kappa shape index (κ2) is 12.4. The zero-order valence-corrected chi connectivity index (χ0v) is 24.7. The minimum Gasteiger partial charge on any atom is -0.496 e. The normalized spacial score (nSPS) is 17.9. The molecule has 40 heavy (non-hydrogen) atoms. The molecule has 0 saturated heterocycles. The minimum atomic E-state index is -0.101. The van der Waals surface area contributed by atoms with E-state index in [1.807, 2.05) is 20.0 Å². The molecule has 2 heterocycles. The van der Waals surface area contributed by atoms with Crippen LogP contribution in [0.1, 0.15) is 66.4 Å². The van der Waals surface area contributed by atoms with Crippen LogP contribution in [0.2, 0.25) is 0 Å². The number of aromatic nitrogens is 2. The number of carbonyl (C=O) groups is 1. The lowest BCUT2D eigenvalue weighted by Gasteiger charge is -2.28. The predicted molar refractivity (Wildman–Crippen MR) is 162 cm³/mol. The van der Waals surface area contributed by atoms with Crippen molar-refractivity contribution >= 4 is 34.0 Å². The van der Waals surface area contributed by atoms with Gasteiger partial charge < -0.3 is 20.1 Å². The SMILES string of the molecule is CNCc1ccccc1-c1csc([C@@H](C)Nc2nc(C)nc3cc(OC)c(C4CCC(C(=O)OC)CC4)cc23)c1. The molecular weight excluding hydrogens is 520 g/mol. The summed E-state index contributed by atoms with van der Waals surface area (Å²) < 4.78 is 10.8. The summed E-state index contributed by atoms with van der Waals surface area (Å²) in [5.41, 5.74) is 5.79. The van der Waals surface area contributed by atoms with Crippen LogP contribution in [0.5, 0.6) is 5.75 Å². The standard InChI is InChI=1S/C32H38N4O3S/c1-19(30-14-24(18-40-30)25-9-7-6-8-23(25)17-33-3)34-31-27-15-26(21-10-12-22(13-11-21)32(37)39-5)29(38-4)16-28(27)35-20(2)36-31/h6-9,14-16,18-19,21-22,33H,10-13,17H2,1-5H3,(H,34,35,36)/t19-,21?,22?/m1/s1. The van der Waals surface area contributed by atoms with E-state index in [0.717, 1.165) is 60.3 Å². The third-order valence-electron chi connectivity index (χ3n) is 7.96. The molecule has 5 rings (SSSR count). The number of ether oxygens (including phenoxy) is 2. The summed E-state index contributed by atoms with van der Waals surface area (Å²) in [6.07, 6.45) is 3.48. The van der Waals surface area contributed by atoms with Crippen LogP contribution in [0.3, 0.4) is 0 Å². The molecule has 1 aliphatic carbocycles. The van der Waals surface area contributed by atoms with Crippen molar-refractivity contribution in [1.82, 2.24) is 15.3 Å². The number of rotatable bonds is 9. The summed E-state index contributed by atoms with van der Waals surface area (Å²) in [7, 11) is 5.16. The van der Waals surface area contributed by atoms with Gasteiger partial charge in [-0.1, -0.05) is 24.3 Å². The van der Waals surface area contributed by atoms with E-state index in [-0.39, 0.29) is 17.9 Å². The molecule has 0 unspecified atom stereocenters. The van der Waals surface area contributed by atoms with Gasteiger partial charge in [0.1, 0.15) is 17.4 Å². The maximum Gasteiger partial charge on any atom is 0.308 e. The third-order valence-corrected chi connectivity index (χ3v) is 9.07. The second-order valence-electron chi connectivity index (χ2n) is 10.6. The molecule has 2 aromatic heterocycles. The lowest BCUT2D eigenvalue weighted by atomic mass is 9.78. The number of hydrogen-bond donors (Lipinski definition) is 2. The molecule has 1 saturated carbocycles. The first kappa shape index (κ1) is 28.1. The summed E-state index contributed by atoms with van der Waals surface area (Å²) in [5, 5.41) is 10.2. The van der Waals surface area contributed by atoms with Crippen LogP contribution in [0.15, 0.2) is 47.8 Å². The van der Waals surface area contributed by atoms with Crippen molar-refractivity contribution in [3.8, 4) is 16.9 Å². The highest BCUT2D eigenvalue weighted by molar-refractivity contribution is 7.10. The third kappa shape index (κ3) is 5.83. The molecule has 1 aliphatic rings. The lowest BCUT2D eigenvalue weighted by molar-refractivity contribution is -0.146. The molecule has 1 fully saturated rings. The van der Waals surface area contributed by atoms with Gasteiger partial charge >= 0.3 is 5.97 Å². The minimum absolute atomic E-state index is 0.0161. The summed E-state index contributed by atoms with van der Waals surface area (Å²) in [4.78, 5) is 22.9. The first-order valence-corrected chi connectivity index (χ1v) is 14.8. The molecule has 0 aliphatic heterocycles. The fraction of sp³-hybridized carbons (Fsp3) is 0.406. The maximum atomic E-state index is 12.1. The van der Waals surface area contributed by atoms with Gasteiger partial charge in [-0.3, -0.25) is 4.79 Å². The van der Waals surface area contributed by atoms with Gasteiger partial charge in [-0.05, 0) is 92.3 Å². The van der Waals surface area contributed by atoms with E-state index in [0.29, 0.717) is 11.7 Å². The van der Waals surface area contributed by atoms with Gasteiger partial charge in [-0.15, -0.1) is 11.3 Å². The van der Waals surface area contributed by atoms with Gasteiger partial charge in [-0.2, -0.15) is 0 Å². The number of nitrogens with zero attached hydrogens (tertiary/aromatic N) is 2. The number of benzene rings is 2. The topological polar surface area (TPSA) is 85.4 Å². The molecule has 8 heteroatoms. The molecule has 2 aromatic carbocycles. The molecule has 2 N–H and O–H groups in total. The monoisotopic (exact) mass is 558 g/mol. The Balaban J connectivity index is 1.43. The quantitative estimate of drug-likeness (QED) is 0.214. The zero-order chi connectivity index (χ0) is 28.2. The Morgan fingerprint density at radius 1 is 1.10 bits per heavy atom. The van der Waals surface area contributed by atoms with Crippen LogP contribution in [0, 0.1) is 12.8 Å². The Bertz CT molecular complexity index is 1490. The molecule has 0 amide bonds. The van der Waals surface area contributed by atoms with E-state index in [9.17, 15) is 4.79 Å². The molecule has 210 valence electrons. The number of nitrogens with one attached hydrogen (secondary N) is 2. The summed E-state index contributed by atoms with van der Waals surface area (Å²) >= 11 is 1.76. The van der Waals surface area contributed by atoms with E-state index in [2.05, 4.69) is 59.3 Å². The fourth-order valence-corrected chi connectivity index (χ4v) is 6.76. The molecule has 4 aromatic rings. The molecular formula is C32H38N4O3S. The Kier molecular flexibility index (Phi) is 8.66. The van der Waals surface area contributed by atoms with Crippen molar-refractivity contribution in [2.24, 2.45) is 5.92 Å². The lowest BCUT2D eigenvalue weighted by Crippen LogP contribution is -2.22. The Morgan fingerprint density at radius 3 is 2.60 bits per heavy atom. The fourth-order valence-electron chi connectivity index (χ4n) is 5.85. The largest absolute Gasteiger partial charge is 0.496 e. The van der Waals surface area contributed by atoms with Crippen LogP contribution in [-0.4, -0.2) is 37.2 Å². The van der Waals surface area contributed by atoms with Crippen molar-refractivity contribution in [3.05, 3.63) is 69.7 Å². The average Bonchev–Trinajstić information content (AvgIpc) is 3.47. The highest BCUT2D eigenvalue weighted by Gasteiger charge is 2.29. The molecule has 7 nitrogen and oxygen atoms in total. The number of carbonyl (C=O) groups excluding carboxylic acids is 1. The predicted octanol–water partition coefficient (Wildman–Crippen LogP) is 7.01. The summed E-state index contributed by atoms with van der Waals surface area (Å²) in [5.74, 6) is 2.57. The molecule has 0 radical (unpaired) electrons. The van der Waals surface area contributed by atoms with Crippen LogP contribution in [-0.2, 0) is 16.1 Å². The highest BCUT2D eigenvalue weighted by Crippen LogP contribution is 2.42. The van der Waals surface area contributed by atoms with E-state index in [1.54, 1.807) is 18.4 Å². The average molecular weight is 559 g/mol. The van der Waals surface area contributed by atoms with Crippen LogP contribution < -0.4 is 15.4 Å². The maximum absolute atomic E-state index is 12.1. The second-order valence-corrected chi connectivity index (χ2v) is 11.5. The van der Waals surface area contributed by atoms with Gasteiger partial charge in [0.05, 0.1) is 31.7 Å². The number of aryl methyl sites for hydroxylation is 1. The van der Waals surface area contributed by atoms with Gasteiger partial charge in [-0.25, -0.2) is 9.97 Å². The van der Waals surface area contributed by atoms with E-state index in [4.69, 9.17) is 19.4 Å². The first-order valence-electron chi connectivity index (χ1n) is 13.9. The Labute approximate surface area is 240 Å². The highest BCUT2D eigenvalue weighted by atomic mass is 32.1. The van der Waals surface area contributed by atoms with E-state index < -0.39 is 0 Å². The van der Waals surface area contributed by atoms with Crippen LogP contribution >= 0.6 is 11.3 Å². The van der Waals surface area contributed by atoms with Crippen molar-refractivity contribution in [2.45, 2.75) is 58.0 Å². The molecule has 0 spiro atoms. The smallest absolute Gasteiger partial charge is 0.308 e. The van der Waals surface area contributed by atoms with Crippen molar-refractivity contribution in [1.29, 1.82) is 0 Å². The van der Waals surface area contributed by atoms with Gasteiger partial charge in [0.15, 0.2) is 0 Å². The summed E-state index contributed by atoms with van der Waals surface area (Å²) in [6, 6.07) is 15.1. The Hall–Kier alpha value is -3.49. The number of esters is 1. The van der Waals surface area contributed by atoms with Crippen molar-refractivity contribution in [3.63, 3.8) is 0 Å².